The first-order chi connectivity index (χ1) is 14.0. The molecule has 1 aromatic heterocycles. The van der Waals surface area contributed by atoms with Crippen molar-refractivity contribution in [1.82, 2.24) is 4.98 Å². The number of nitrogens with one attached hydrogen (secondary N) is 1. The Morgan fingerprint density at radius 2 is 2.03 bits per heavy atom. The third kappa shape index (κ3) is 5.98. The van der Waals surface area contributed by atoms with Gasteiger partial charge in [-0.25, -0.2) is 4.98 Å². The number of benzene rings is 2. The molecule has 0 atom stereocenters. The number of carbonyl (C=O) groups excluding carboxylic acids is 1. The Kier molecular flexibility index (Phi) is 7.12. The van der Waals surface area contributed by atoms with Crippen LogP contribution in [-0.2, 0) is 16.0 Å². The number of thiazole rings is 1. The fourth-order valence-electron chi connectivity index (χ4n) is 2.61. The third-order valence-electron chi connectivity index (χ3n) is 3.99. The molecule has 0 saturated carbocycles. The number of esters is 1. The van der Waals surface area contributed by atoms with E-state index in [-0.39, 0.29) is 12.4 Å². The van der Waals surface area contributed by atoms with Gasteiger partial charge < -0.3 is 14.8 Å². The van der Waals surface area contributed by atoms with Crippen LogP contribution in [0.15, 0.2) is 59.0 Å². The molecule has 148 valence electrons. The highest BCUT2D eigenvalue weighted by Gasteiger charge is 2.10. The lowest BCUT2D eigenvalue weighted by Gasteiger charge is -2.05. The van der Waals surface area contributed by atoms with Gasteiger partial charge in [-0.1, -0.05) is 42.5 Å². The van der Waals surface area contributed by atoms with Crippen molar-refractivity contribution in [1.29, 1.82) is 0 Å². The van der Waals surface area contributed by atoms with E-state index in [1.54, 1.807) is 30.7 Å². The van der Waals surface area contributed by atoms with Crippen LogP contribution < -0.4 is 10.9 Å². The van der Waals surface area contributed by atoms with E-state index >= 15 is 0 Å². The van der Waals surface area contributed by atoms with Crippen molar-refractivity contribution in [3.8, 4) is 11.1 Å². The van der Waals surface area contributed by atoms with Crippen LogP contribution >= 0.6 is 11.3 Å². The fourth-order valence-corrected chi connectivity index (χ4v) is 3.27. The topological polar surface area (TPSA) is 104 Å². The van der Waals surface area contributed by atoms with E-state index < -0.39 is 7.12 Å². The van der Waals surface area contributed by atoms with Gasteiger partial charge in [0.1, 0.15) is 0 Å². The summed E-state index contributed by atoms with van der Waals surface area (Å²) in [4.78, 5) is 15.8. The second-order valence-corrected chi connectivity index (χ2v) is 6.98. The number of nitrogens with zero attached hydrogens (tertiary/aromatic N) is 2. The maximum absolute atomic E-state index is 11.5. The summed E-state index contributed by atoms with van der Waals surface area (Å²) in [7, 11) is -1.47. The smallest absolute Gasteiger partial charge is 0.466 e. The number of aromatic nitrogens is 1. The lowest BCUT2D eigenvalue weighted by atomic mass is 9.80. The van der Waals surface area contributed by atoms with Crippen molar-refractivity contribution in [2.75, 3.05) is 12.0 Å². The third-order valence-corrected chi connectivity index (χ3v) is 4.78. The minimum atomic E-state index is -1.47. The molecule has 3 N–H and O–H groups in total. The molecule has 0 aliphatic rings. The van der Waals surface area contributed by atoms with Gasteiger partial charge in [0, 0.05) is 5.38 Å². The van der Waals surface area contributed by atoms with Gasteiger partial charge in [-0.2, -0.15) is 5.10 Å². The van der Waals surface area contributed by atoms with Gasteiger partial charge in [-0.3, -0.25) is 10.2 Å². The quantitative estimate of drug-likeness (QED) is 0.228. The van der Waals surface area contributed by atoms with Crippen LogP contribution in [0.25, 0.3) is 11.1 Å². The molecule has 0 radical (unpaired) electrons. The SMILES string of the molecule is CCOC(=O)Cc1csc(NN=Cc2cccc(-c3ccc(B(O)O)cc3)c2)n1. The zero-order chi connectivity index (χ0) is 20.6. The summed E-state index contributed by atoms with van der Waals surface area (Å²) in [5.74, 6) is -0.300. The Labute approximate surface area is 172 Å². The first kappa shape index (κ1) is 20.7. The van der Waals surface area contributed by atoms with Crippen molar-refractivity contribution in [3.05, 3.63) is 65.2 Å². The zero-order valence-electron chi connectivity index (χ0n) is 15.8. The summed E-state index contributed by atoms with van der Waals surface area (Å²) < 4.78 is 4.91. The first-order valence-electron chi connectivity index (χ1n) is 9.01. The summed E-state index contributed by atoms with van der Waals surface area (Å²) in [6.07, 6.45) is 1.83. The molecule has 0 spiro atoms. The summed E-state index contributed by atoms with van der Waals surface area (Å²) in [5.41, 5.74) is 6.79. The Hall–Kier alpha value is -3.01. The molecule has 3 rings (SSSR count). The lowest BCUT2D eigenvalue weighted by molar-refractivity contribution is -0.142. The molecule has 0 aliphatic carbocycles. The van der Waals surface area contributed by atoms with E-state index in [2.05, 4.69) is 15.5 Å². The largest absolute Gasteiger partial charge is 0.488 e. The molecular weight excluding hydrogens is 389 g/mol. The Morgan fingerprint density at radius 1 is 1.24 bits per heavy atom. The van der Waals surface area contributed by atoms with Crippen LogP contribution in [0, 0.1) is 0 Å². The monoisotopic (exact) mass is 409 g/mol. The summed E-state index contributed by atoms with van der Waals surface area (Å²) >= 11 is 1.36. The molecule has 3 aromatic rings. The minimum absolute atomic E-state index is 0.143. The molecule has 2 aromatic carbocycles. The average molecular weight is 409 g/mol. The number of rotatable bonds is 8. The summed E-state index contributed by atoms with van der Waals surface area (Å²) in [6, 6.07) is 14.8. The Morgan fingerprint density at radius 3 is 2.76 bits per heavy atom. The van der Waals surface area contributed by atoms with Crippen LogP contribution in [0.4, 0.5) is 5.13 Å². The van der Waals surface area contributed by atoms with Gasteiger partial charge >= 0.3 is 13.1 Å². The van der Waals surface area contributed by atoms with E-state index in [0.717, 1.165) is 16.7 Å². The van der Waals surface area contributed by atoms with E-state index in [1.165, 1.54) is 11.3 Å². The van der Waals surface area contributed by atoms with Crippen molar-refractivity contribution in [3.63, 3.8) is 0 Å². The van der Waals surface area contributed by atoms with Gasteiger partial charge in [0.2, 0.25) is 5.13 Å². The van der Waals surface area contributed by atoms with E-state index in [0.29, 0.717) is 22.9 Å². The number of ether oxygens (including phenoxy) is 1. The van der Waals surface area contributed by atoms with Crippen LogP contribution in [0.5, 0.6) is 0 Å². The van der Waals surface area contributed by atoms with E-state index in [4.69, 9.17) is 4.74 Å². The van der Waals surface area contributed by atoms with Crippen molar-refractivity contribution < 1.29 is 19.6 Å². The number of anilines is 1. The molecule has 0 bridgehead atoms. The van der Waals surface area contributed by atoms with Gasteiger partial charge in [0.15, 0.2) is 0 Å². The molecule has 1 heterocycles. The molecule has 29 heavy (non-hydrogen) atoms. The predicted octanol–water partition coefficient (Wildman–Crippen LogP) is 2.04. The van der Waals surface area contributed by atoms with Crippen LogP contribution in [0.2, 0.25) is 0 Å². The number of hydrogen-bond donors (Lipinski definition) is 3. The lowest BCUT2D eigenvalue weighted by Crippen LogP contribution is -2.29. The second-order valence-electron chi connectivity index (χ2n) is 6.12. The normalized spacial score (nSPS) is 10.9. The second kappa shape index (κ2) is 9.97. The van der Waals surface area contributed by atoms with Gasteiger partial charge in [-0.15, -0.1) is 11.3 Å². The van der Waals surface area contributed by atoms with Crippen LogP contribution in [-0.4, -0.2) is 40.9 Å². The first-order valence-corrected chi connectivity index (χ1v) is 9.88. The van der Waals surface area contributed by atoms with E-state index in [9.17, 15) is 14.8 Å². The van der Waals surface area contributed by atoms with Gasteiger partial charge in [-0.05, 0) is 35.1 Å². The van der Waals surface area contributed by atoms with Gasteiger partial charge in [0.05, 0.1) is 24.9 Å². The molecule has 9 heteroatoms. The minimum Gasteiger partial charge on any atom is -0.466 e. The fraction of sp³-hybridized carbons (Fsp3) is 0.150. The summed E-state index contributed by atoms with van der Waals surface area (Å²) in [6.45, 7) is 2.12. The molecule has 0 fully saturated rings. The standard InChI is InChI=1S/C20H20BN3O4S/c1-2-28-19(25)11-18-13-29-20(23-18)24-22-12-14-4-3-5-16(10-14)15-6-8-17(9-7-15)21(26)27/h3-10,12-13,26-27H,2,11H2,1H3,(H,23,24). The van der Waals surface area contributed by atoms with Crippen molar-refractivity contribution in [2.45, 2.75) is 13.3 Å². The molecule has 0 saturated heterocycles. The van der Waals surface area contributed by atoms with Crippen molar-refractivity contribution in [2.24, 2.45) is 5.10 Å². The molecule has 7 nitrogen and oxygen atoms in total. The maximum Gasteiger partial charge on any atom is 0.488 e. The number of hydrazone groups is 1. The molecule has 0 amide bonds. The highest BCUT2D eigenvalue weighted by Crippen LogP contribution is 2.19. The van der Waals surface area contributed by atoms with E-state index in [1.807, 2.05) is 36.4 Å². The highest BCUT2D eigenvalue weighted by atomic mass is 32.1. The Bertz CT molecular complexity index is 989. The average Bonchev–Trinajstić information content (AvgIpc) is 3.15. The maximum atomic E-state index is 11.5. The zero-order valence-corrected chi connectivity index (χ0v) is 16.6. The number of carbonyl (C=O) groups is 1. The molecule has 0 unspecified atom stereocenters. The summed E-state index contributed by atoms with van der Waals surface area (Å²) in [5, 5.41) is 25.0. The highest BCUT2D eigenvalue weighted by molar-refractivity contribution is 7.13. The van der Waals surface area contributed by atoms with Gasteiger partial charge in [0.25, 0.3) is 0 Å². The van der Waals surface area contributed by atoms with Crippen molar-refractivity contribution >= 4 is 41.2 Å². The predicted molar refractivity (Wildman–Crippen MR) is 115 cm³/mol. The molecule has 0 aliphatic heterocycles. The molecular formula is C20H20BN3O4S. The Balaban J connectivity index is 1.62. The number of hydrogen-bond acceptors (Lipinski definition) is 8. The van der Waals surface area contributed by atoms with Crippen LogP contribution in [0.3, 0.4) is 0 Å². The van der Waals surface area contributed by atoms with Crippen LogP contribution in [0.1, 0.15) is 18.2 Å².